The van der Waals surface area contributed by atoms with E-state index in [1.807, 2.05) is 17.5 Å². The molecule has 0 radical (unpaired) electrons. The fourth-order valence-corrected chi connectivity index (χ4v) is 3.34. The van der Waals surface area contributed by atoms with Gasteiger partial charge >= 0.3 is 0 Å². The Morgan fingerprint density at radius 2 is 2.45 bits per heavy atom. The molecule has 1 aliphatic heterocycles. The van der Waals surface area contributed by atoms with Crippen LogP contribution in [0, 0.1) is 0 Å². The van der Waals surface area contributed by atoms with Gasteiger partial charge in [0.05, 0.1) is 11.5 Å². The summed E-state index contributed by atoms with van der Waals surface area (Å²) in [5.74, 6) is 1.39. The molecule has 2 aromatic heterocycles. The van der Waals surface area contributed by atoms with E-state index in [2.05, 4.69) is 15.0 Å². The van der Waals surface area contributed by atoms with E-state index in [0.29, 0.717) is 17.8 Å². The summed E-state index contributed by atoms with van der Waals surface area (Å²) in [6, 6.07) is 4.33. The van der Waals surface area contributed by atoms with Gasteiger partial charge < -0.3 is 9.63 Å². The second-order valence-corrected chi connectivity index (χ2v) is 6.05. The number of aryl methyl sites for hydroxylation is 1. The molecule has 2 aromatic rings. The highest BCUT2D eigenvalue weighted by atomic mass is 32.1. The highest BCUT2D eigenvalue weighted by Gasteiger charge is 2.23. The van der Waals surface area contributed by atoms with E-state index >= 15 is 0 Å². The van der Waals surface area contributed by atoms with Crippen molar-refractivity contribution >= 4 is 11.3 Å². The van der Waals surface area contributed by atoms with E-state index in [0.717, 1.165) is 37.2 Å². The quantitative estimate of drug-likeness (QED) is 0.884. The van der Waals surface area contributed by atoms with Crippen LogP contribution in [0.4, 0.5) is 0 Å². The fraction of sp³-hybridized carbons (Fsp3) is 0.571. The molecule has 108 valence electrons. The van der Waals surface area contributed by atoms with Crippen LogP contribution < -0.4 is 0 Å². The molecular formula is C14H19N3O2S. The molecule has 0 saturated carbocycles. The van der Waals surface area contributed by atoms with Crippen molar-refractivity contribution in [3.8, 4) is 10.7 Å². The van der Waals surface area contributed by atoms with Crippen molar-refractivity contribution in [1.29, 1.82) is 0 Å². The second kappa shape index (κ2) is 6.47. The molecular weight excluding hydrogens is 274 g/mol. The second-order valence-electron chi connectivity index (χ2n) is 5.11. The molecule has 1 aliphatic rings. The first-order valence-corrected chi connectivity index (χ1v) is 7.96. The number of hydrogen-bond donors (Lipinski definition) is 1. The zero-order valence-electron chi connectivity index (χ0n) is 11.4. The zero-order chi connectivity index (χ0) is 13.8. The number of hydrogen-bond acceptors (Lipinski definition) is 6. The summed E-state index contributed by atoms with van der Waals surface area (Å²) in [5, 5.41) is 15.3. The maximum atomic E-state index is 9.28. The van der Waals surface area contributed by atoms with Crippen molar-refractivity contribution in [2.45, 2.75) is 31.7 Å². The van der Waals surface area contributed by atoms with Crippen LogP contribution in [0.5, 0.6) is 0 Å². The third-order valence-corrected chi connectivity index (χ3v) is 4.62. The van der Waals surface area contributed by atoms with E-state index < -0.39 is 0 Å². The van der Waals surface area contributed by atoms with Crippen LogP contribution in [0.3, 0.4) is 0 Å². The van der Waals surface area contributed by atoms with Crippen LogP contribution in [-0.4, -0.2) is 45.9 Å². The van der Waals surface area contributed by atoms with Gasteiger partial charge in [-0.15, -0.1) is 11.3 Å². The van der Waals surface area contributed by atoms with Crippen LogP contribution in [-0.2, 0) is 6.42 Å². The van der Waals surface area contributed by atoms with Crippen molar-refractivity contribution in [2.75, 3.05) is 19.7 Å². The van der Waals surface area contributed by atoms with Crippen LogP contribution in [0.2, 0.25) is 0 Å². The minimum Gasteiger partial charge on any atom is -0.395 e. The first-order valence-electron chi connectivity index (χ1n) is 7.08. The minimum absolute atomic E-state index is 0.267. The molecule has 0 amide bonds. The van der Waals surface area contributed by atoms with Crippen molar-refractivity contribution in [3.05, 3.63) is 23.4 Å². The topological polar surface area (TPSA) is 62.4 Å². The summed E-state index contributed by atoms with van der Waals surface area (Å²) in [6.45, 7) is 2.35. The third-order valence-electron chi connectivity index (χ3n) is 3.76. The number of aromatic nitrogens is 2. The molecule has 0 aliphatic carbocycles. The lowest BCUT2D eigenvalue weighted by atomic mass is 10.2. The van der Waals surface area contributed by atoms with Crippen molar-refractivity contribution in [3.63, 3.8) is 0 Å². The van der Waals surface area contributed by atoms with Crippen molar-refractivity contribution in [2.24, 2.45) is 0 Å². The lowest BCUT2D eigenvalue weighted by Gasteiger charge is -2.21. The largest absolute Gasteiger partial charge is 0.395 e. The molecule has 20 heavy (non-hydrogen) atoms. The first kappa shape index (κ1) is 13.7. The van der Waals surface area contributed by atoms with Crippen molar-refractivity contribution in [1.82, 2.24) is 15.0 Å². The Morgan fingerprint density at radius 3 is 3.25 bits per heavy atom. The lowest BCUT2D eigenvalue weighted by molar-refractivity contribution is 0.157. The number of likely N-dealkylation sites (tertiary alicyclic amines) is 1. The summed E-state index contributed by atoms with van der Waals surface area (Å²) in [4.78, 5) is 7.82. The SMILES string of the molecule is OC[C@H]1CCCN1CCCc1nc(-c2cccs2)no1. The van der Waals surface area contributed by atoms with Crippen LogP contribution in [0.25, 0.3) is 10.7 Å². The van der Waals surface area contributed by atoms with Crippen LogP contribution >= 0.6 is 11.3 Å². The lowest BCUT2D eigenvalue weighted by Crippen LogP contribution is -2.33. The average molecular weight is 293 g/mol. The Morgan fingerprint density at radius 1 is 1.50 bits per heavy atom. The van der Waals surface area contributed by atoms with Gasteiger partial charge in [-0.1, -0.05) is 11.2 Å². The van der Waals surface area contributed by atoms with Gasteiger partial charge in [0.2, 0.25) is 11.7 Å². The molecule has 3 rings (SSSR count). The van der Waals surface area contributed by atoms with Gasteiger partial charge in [-0.3, -0.25) is 4.90 Å². The summed E-state index contributed by atoms with van der Waals surface area (Å²) < 4.78 is 5.28. The summed E-state index contributed by atoms with van der Waals surface area (Å²) >= 11 is 1.62. The molecule has 3 heterocycles. The van der Waals surface area contributed by atoms with Crippen LogP contribution in [0.15, 0.2) is 22.0 Å². The molecule has 5 nitrogen and oxygen atoms in total. The van der Waals surface area contributed by atoms with Gasteiger partial charge in [0, 0.05) is 12.5 Å². The molecule has 1 atom stereocenters. The normalized spacial score (nSPS) is 19.8. The Balaban J connectivity index is 1.49. The molecule has 0 spiro atoms. The van der Waals surface area contributed by atoms with Gasteiger partial charge in [0.25, 0.3) is 0 Å². The monoisotopic (exact) mass is 293 g/mol. The Kier molecular flexibility index (Phi) is 4.44. The standard InChI is InChI=1S/C14H19N3O2S/c18-10-11-4-1-7-17(11)8-2-6-13-15-14(16-19-13)12-5-3-9-20-12/h3,5,9,11,18H,1-2,4,6-8,10H2/t11-/m1/s1. The van der Waals surface area contributed by atoms with E-state index in [-0.39, 0.29) is 6.61 Å². The van der Waals surface area contributed by atoms with Crippen molar-refractivity contribution < 1.29 is 9.63 Å². The Bertz CT molecular complexity index is 526. The number of aliphatic hydroxyl groups is 1. The summed E-state index contributed by atoms with van der Waals surface area (Å²) in [5.41, 5.74) is 0. The highest BCUT2D eigenvalue weighted by molar-refractivity contribution is 7.13. The highest BCUT2D eigenvalue weighted by Crippen LogP contribution is 2.22. The third kappa shape index (κ3) is 3.08. The predicted octanol–water partition coefficient (Wildman–Crippen LogP) is 2.19. The molecule has 0 aromatic carbocycles. The molecule has 0 unspecified atom stereocenters. The van der Waals surface area contributed by atoms with Gasteiger partial charge in [0.15, 0.2) is 0 Å². The van der Waals surface area contributed by atoms with Gasteiger partial charge in [-0.2, -0.15) is 4.98 Å². The van der Waals surface area contributed by atoms with E-state index in [9.17, 15) is 5.11 Å². The van der Waals surface area contributed by atoms with E-state index in [1.54, 1.807) is 11.3 Å². The van der Waals surface area contributed by atoms with Gasteiger partial charge in [-0.25, -0.2) is 0 Å². The zero-order valence-corrected chi connectivity index (χ0v) is 12.2. The number of nitrogens with zero attached hydrogens (tertiary/aromatic N) is 3. The number of thiophene rings is 1. The molecule has 6 heteroatoms. The number of aliphatic hydroxyl groups excluding tert-OH is 1. The Labute approximate surface area is 122 Å². The molecule has 1 saturated heterocycles. The number of rotatable bonds is 6. The van der Waals surface area contributed by atoms with E-state index in [1.165, 1.54) is 6.42 Å². The summed E-state index contributed by atoms with van der Waals surface area (Å²) in [7, 11) is 0. The van der Waals surface area contributed by atoms with Gasteiger partial charge in [-0.05, 0) is 43.8 Å². The van der Waals surface area contributed by atoms with E-state index in [4.69, 9.17) is 4.52 Å². The smallest absolute Gasteiger partial charge is 0.227 e. The summed E-state index contributed by atoms with van der Waals surface area (Å²) in [6.07, 6.45) is 4.09. The predicted molar refractivity (Wildman–Crippen MR) is 77.6 cm³/mol. The average Bonchev–Trinajstić information content (AvgIpc) is 3.20. The fourth-order valence-electron chi connectivity index (χ4n) is 2.69. The molecule has 1 N–H and O–H groups in total. The van der Waals surface area contributed by atoms with Gasteiger partial charge in [0.1, 0.15) is 0 Å². The first-order chi connectivity index (χ1) is 9.86. The molecule has 0 bridgehead atoms. The molecule has 1 fully saturated rings. The maximum absolute atomic E-state index is 9.28. The van der Waals surface area contributed by atoms with Crippen LogP contribution in [0.1, 0.15) is 25.2 Å². The minimum atomic E-state index is 0.267. The maximum Gasteiger partial charge on any atom is 0.227 e. The Hall–Kier alpha value is -1.24.